The Kier molecular flexibility index (Phi) is 11.2. The second-order valence-electron chi connectivity index (χ2n) is 13.0. The molecule has 4 rings (SSSR count). The molecule has 0 saturated heterocycles. The minimum absolute atomic E-state index is 0.105. The molecule has 47 heavy (non-hydrogen) atoms. The summed E-state index contributed by atoms with van der Waals surface area (Å²) in [6.45, 7) is 11.3. The fourth-order valence-electron chi connectivity index (χ4n) is 5.52. The summed E-state index contributed by atoms with van der Waals surface area (Å²) >= 11 is 0. The quantitative estimate of drug-likeness (QED) is 0.154. The number of hydrogen-bond acceptors (Lipinski definition) is 6. The van der Waals surface area contributed by atoms with Gasteiger partial charge >= 0.3 is 5.97 Å². The lowest BCUT2D eigenvalue weighted by molar-refractivity contribution is -0.157. The molecule has 0 radical (unpaired) electrons. The standard InChI is InChI=1S/C37H45FN4O5/c1-23(2)42-31(18-17-29(43)20-30(44)21-32(45)47-37(4,5)6)33(26-13-15-27(38)16-14-26)34(25-11-9-8-10-12-25)35(42)36(46)39-22-28-19-24(3)41(7)40-28/h8-19,23,29-30,43-44H,20-22H2,1-7H3,(H,39,46)/t29-,30-/m1/s1. The van der Waals surface area contributed by atoms with Crippen LogP contribution in [-0.2, 0) is 23.1 Å². The van der Waals surface area contributed by atoms with Gasteiger partial charge in [0.25, 0.3) is 5.91 Å². The maximum Gasteiger partial charge on any atom is 0.308 e. The van der Waals surface area contributed by atoms with Crippen LogP contribution in [0.4, 0.5) is 4.39 Å². The van der Waals surface area contributed by atoms with E-state index >= 15 is 0 Å². The number of amides is 1. The number of hydrogen-bond donors (Lipinski definition) is 3. The molecule has 0 spiro atoms. The van der Waals surface area contributed by atoms with Gasteiger partial charge in [0, 0.05) is 42.0 Å². The number of esters is 1. The minimum atomic E-state index is -1.13. The van der Waals surface area contributed by atoms with E-state index in [0.29, 0.717) is 33.8 Å². The van der Waals surface area contributed by atoms with E-state index in [1.807, 2.05) is 68.8 Å². The maximum absolute atomic E-state index is 14.2. The van der Waals surface area contributed by atoms with Gasteiger partial charge in [-0.25, -0.2) is 4.39 Å². The van der Waals surface area contributed by atoms with E-state index in [4.69, 9.17) is 4.74 Å². The number of halogens is 1. The largest absolute Gasteiger partial charge is 0.460 e. The van der Waals surface area contributed by atoms with Crippen LogP contribution in [0.2, 0.25) is 0 Å². The molecule has 2 heterocycles. The molecule has 0 fully saturated rings. The summed E-state index contributed by atoms with van der Waals surface area (Å²) in [5.41, 5.74) is 4.81. The molecular formula is C37H45FN4O5. The van der Waals surface area contributed by atoms with Gasteiger partial charge in [0.2, 0.25) is 0 Å². The highest BCUT2D eigenvalue weighted by Gasteiger charge is 2.29. The van der Waals surface area contributed by atoms with Gasteiger partial charge in [-0.2, -0.15) is 5.10 Å². The zero-order valence-electron chi connectivity index (χ0n) is 28.1. The van der Waals surface area contributed by atoms with Crippen molar-refractivity contribution < 1.29 is 28.9 Å². The third-order valence-electron chi connectivity index (χ3n) is 7.58. The number of carbonyl (C=O) groups is 2. The molecule has 0 unspecified atom stereocenters. The summed E-state index contributed by atoms with van der Waals surface area (Å²) in [6, 6.07) is 17.3. The van der Waals surface area contributed by atoms with Crippen molar-refractivity contribution in [3.05, 3.63) is 95.3 Å². The molecule has 3 N–H and O–H groups in total. The molecule has 10 heteroatoms. The van der Waals surface area contributed by atoms with Gasteiger partial charge in [-0.15, -0.1) is 0 Å². The van der Waals surface area contributed by atoms with Gasteiger partial charge in [0.05, 0.1) is 30.9 Å². The molecule has 2 aromatic heterocycles. The predicted octanol–water partition coefficient (Wildman–Crippen LogP) is 6.37. The molecule has 0 bridgehead atoms. The van der Waals surface area contributed by atoms with Crippen LogP contribution < -0.4 is 5.32 Å². The molecule has 2 atom stereocenters. The zero-order valence-corrected chi connectivity index (χ0v) is 28.1. The van der Waals surface area contributed by atoms with Crippen LogP contribution in [0.1, 0.15) is 81.1 Å². The average molecular weight is 645 g/mol. The summed E-state index contributed by atoms with van der Waals surface area (Å²) in [5.74, 6) is -1.27. The van der Waals surface area contributed by atoms with Crippen LogP contribution in [0.25, 0.3) is 28.3 Å². The lowest BCUT2D eigenvalue weighted by Crippen LogP contribution is -2.27. The van der Waals surface area contributed by atoms with E-state index in [9.17, 15) is 24.2 Å². The van der Waals surface area contributed by atoms with Crippen molar-refractivity contribution in [2.24, 2.45) is 7.05 Å². The lowest BCUT2D eigenvalue weighted by Gasteiger charge is -2.21. The highest BCUT2D eigenvalue weighted by atomic mass is 19.1. The third kappa shape index (κ3) is 9.05. The van der Waals surface area contributed by atoms with E-state index in [1.54, 1.807) is 43.7 Å². The van der Waals surface area contributed by atoms with Crippen LogP contribution in [-0.4, -0.2) is 54.2 Å². The van der Waals surface area contributed by atoms with Crippen molar-refractivity contribution in [3.63, 3.8) is 0 Å². The monoisotopic (exact) mass is 644 g/mol. The Balaban J connectivity index is 1.81. The van der Waals surface area contributed by atoms with E-state index < -0.39 is 29.6 Å². The first-order chi connectivity index (χ1) is 22.1. The van der Waals surface area contributed by atoms with Crippen LogP contribution >= 0.6 is 0 Å². The Morgan fingerprint density at radius 3 is 2.23 bits per heavy atom. The highest BCUT2D eigenvalue weighted by molar-refractivity contribution is 6.06. The summed E-state index contributed by atoms with van der Waals surface area (Å²) in [6.07, 6.45) is 0.640. The van der Waals surface area contributed by atoms with Crippen LogP contribution in [0.3, 0.4) is 0 Å². The topological polar surface area (TPSA) is 119 Å². The summed E-state index contributed by atoms with van der Waals surface area (Å²) in [7, 11) is 1.84. The summed E-state index contributed by atoms with van der Waals surface area (Å²) in [4.78, 5) is 26.4. The third-order valence-corrected chi connectivity index (χ3v) is 7.58. The molecular weight excluding hydrogens is 599 g/mol. The fourth-order valence-corrected chi connectivity index (χ4v) is 5.52. The van der Waals surface area contributed by atoms with Crippen molar-refractivity contribution in [3.8, 4) is 22.3 Å². The summed E-state index contributed by atoms with van der Waals surface area (Å²) < 4.78 is 23.1. The molecule has 4 aromatic rings. The summed E-state index contributed by atoms with van der Waals surface area (Å²) in [5, 5.41) is 29.0. The Labute approximate surface area is 275 Å². The number of aromatic nitrogens is 3. The van der Waals surface area contributed by atoms with Gasteiger partial charge in [0.1, 0.15) is 17.1 Å². The van der Waals surface area contributed by atoms with Crippen LogP contribution in [0, 0.1) is 12.7 Å². The second kappa shape index (κ2) is 14.9. The number of carbonyl (C=O) groups excluding carboxylic acids is 2. The van der Waals surface area contributed by atoms with Crippen molar-refractivity contribution >= 4 is 18.0 Å². The normalized spacial score (nSPS) is 13.3. The Hall–Kier alpha value is -4.54. The number of nitrogens with zero attached hydrogens (tertiary/aromatic N) is 3. The number of nitrogens with one attached hydrogen (secondary N) is 1. The minimum Gasteiger partial charge on any atom is -0.460 e. The Morgan fingerprint density at radius 1 is 1.02 bits per heavy atom. The van der Waals surface area contributed by atoms with Gasteiger partial charge in [-0.05, 0) is 76.9 Å². The van der Waals surface area contributed by atoms with Gasteiger partial charge in [-0.3, -0.25) is 14.3 Å². The van der Waals surface area contributed by atoms with E-state index in [1.165, 1.54) is 18.2 Å². The molecule has 0 aliphatic carbocycles. The van der Waals surface area contributed by atoms with E-state index in [0.717, 1.165) is 11.3 Å². The average Bonchev–Trinajstić information content (AvgIpc) is 3.50. The first kappa shape index (κ1) is 35.3. The number of aliphatic hydroxyl groups is 2. The van der Waals surface area contributed by atoms with E-state index in [2.05, 4.69) is 10.4 Å². The maximum atomic E-state index is 14.2. The SMILES string of the molecule is Cc1cc(CNC(=O)c2c(-c3ccccc3)c(-c3ccc(F)cc3)c(C=C[C@@H](O)C[C@@H](O)CC(=O)OC(C)(C)C)n2C(C)C)nn1C. The smallest absolute Gasteiger partial charge is 0.308 e. The Bertz CT molecular complexity index is 1700. The van der Waals surface area contributed by atoms with Gasteiger partial charge in [0.15, 0.2) is 0 Å². The molecule has 0 saturated carbocycles. The first-order valence-electron chi connectivity index (χ1n) is 15.8. The van der Waals surface area contributed by atoms with Crippen LogP contribution in [0.15, 0.2) is 66.7 Å². The second-order valence-corrected chi connectivity index (χ2v) is 13.0. The van der Waals surface area contributed by atoms with Crippen LogP contribution in [0.5, 0.6) is 0 Å². The molecule has 250 valence electrons. The van der Waals surface area contributed by atoms with Crippen molar-refractivity contribution in [2.75, 3.05) is 0 Å². The van der Waals surface area contributed by atoms with Crippen molar-refractivity contribution in [1.82, 2.24) is 19.7 Å². The van der Waals surface area contributed by atoms with Crippen molar-refractivity contribution in [1.29, 1.82) is 0 Å². The van der Waals surface area contributed by atoms with Crippen molar-refractivity contribution in [2.45, 2.75) is 84.8 Å². The zero-order chi connectivity index (χ0) is 34.5. The predicted molar refractivity (Wildman–Crippen MR) is 181 cm³/mol. The molecule has 9 nitrogen and oxygen atoms in total. The number of benzene rings is 2. The Morgan fingerprint density at radius 2 is 1.66 bits per heavy atom. The molecule has 1 amide bonds. The van der Waals surface area contributed by atoms with E-state index in [-0.39, 0.29) is 31.3 Å². The number of aliphatic hydroxyl groups excluding tert-OH is 2. The number of ether oxygens (including phenoxy) is 1. The molecule has 0 aliphatic heterocycles. The fraction of sp³-hybridized carbons (Fsp3) is 0.378. The highest BCUT2D eigenvalue weighted by Crippen LogP contribution is 2.42. The van der Waals surface area contributed by atoms with Gasteiger partial charge < -0.3 is 24.8 Å². The lowest BCUT2D eigenvalue weighted by atomic mass is 9.94. The number of aryl methyl sites for hydroxylation is 2. The van der Waals surface area contributed by atoms with Gasteiger partial charge in [-0.1, -0.05) is 48.5 Å². The number of rotatable bonds is 12. The molecule has 2 aromatic carbocycles. The molecule has 0 aliphatic rings. The first-order valence-corrected chi connectivity index (χ1v) is 15.8.